The van der Waals surface area contributed by atoms with Gasteiger partial charge in [0, 0.05) is 9.85 Å². The summed E-state index contributed by atoms with van der Waals surface area (Å²) in [5.41, 5.74) is 3.47. The maximum Gasteiger partial charge on any atom is 0.123 e. The van der Waals surface area contributed by atoms with Crippen molar-refractivity contribution in [1.29, 1.82) is 0 Å². The minimum absolute atomic E-state index is 0.182. The van der Waals surface area contributed by atoms with Crippen molar-refractivity contribution in [3.8, 4) is 0 Å². The fraction of sp³-hybridized carbons (Fsp3) is 0.200. The lowest BCUT2D eigenvalue weighted by atomic mass is 10.0. The molecule has 0 spiro atoms. The van der Waals surface area contributed by atoms with E-state index in [1.807, 2.05) is 30.3 Å². The molecule has 0 aliphatic rings. The van der Waals surface area contributed by atoms with Crippen LogP contribution in [0.1, 0.15) is 21.5 Å². The van der Waals surface area contributed by atoms with Crippen molar-refractivity contribution in [3.05, 3.63) is 70.0 Å². The molecule has 0 saturated heterocycles. The van der Waals surface area contributed by atoms with Crippen LogP contribution in [0.3, 0.4) is 0 Å². The van der Waals surface area contributed by atoms with E-state index in [9.17, 15) is 4.39 Å². The van der Waals surface area contributed by atoms with Crippen LogP contribution in [0, 0.1) is 12.7 Å². The van der Waals surface area contributed by atoms with Crippen molar-refractivity contribution in [2.45, 2.75) is 18.2 Å². The normalized spacial score (nSPS) is 12.4. The summed E-state index contributed by atoms with van der Waals surface area (Å²) < 4.78 is 12.8. The first-order valence-corrected chi connectivity index (χ1v) is 7.00. The van der Waals surface area contributed by atoms with Crippen LogP contribution in [0.15, 0.2) is 42.5 Å². The molecule has 0 aromatic heterocycles. The number of alkyl halides is 1. The van der Waals surface area contributed by atoms with Gasteiger partial charge in [0.1, 0.15) is 5.82 Å². The Morgan fingerprint density at radius 2 is 1.83 bits per heavy atom. The predicted octanol–water partition coefficient (Wildman–Crippen LogP) is 5.47. The Morgan fingerprint density at radius 3 is 2.50 bits per heavy atom. The van der Waals surface area contributed by atoms with E-state index in [2.05, 4.69) is 22.9 Å². The van der Waals surface area contributed by atoms with Crippen molar-refractivity contribution < 1.29 is 4.39 Å². The fourth-order valence-electron chi connectivity index (χ4n) is 1.89. The molecule has 0 aliphatic carbocycles. The van der Waals surface area contributed by atoms with Crippen LogP contribution in [0.5, 0.6) is 0 Å². The standard InChI is InChI=1S/C15H13BrClF/c1-10-2-5-12(17)9-14(10)15(16)8-11-3-6-13(18)7-4-11/h2-7,9,15H,8H2,1H3. The molecule has 0 aliphatic heterocycles. The van der Waals surface area contributed by atoms with Gasteiger partial charge in [0.2, 0.25) is 0 Å². The zero-order valence-electron chi connectivity index (χ0n) is 9.96. The summed E-state index contributed by atoms with van der Waals surface area (Å²) >= 11 is 9.69. The monoisotopic (exact) mass is 326 g/mol. The van der Waals surface area contributed by atoms with Gasteiger partial charge in [0.15, 0.2) is 0 Å². The third kappa shape index (κ3) is 3.33. The lowest BCUT2D eigenvalue weighted by Gasteiger charge is -2.13. The Kier molecular flexibility index (Phi) is 4.41. The second kappa shape index (κ2) is 5.85. The molecule has 2 aromatic rings. The summed E-state index contributed by atoms with van der Waals surface area (Å²) in [6.07, 6.45) is 0.807. The van der Waals surface area contributed by atoms with Crippen molar-refractivity contribution in [3.63, 3.8) is 0 Å². The molecule has 0 N–H and O–H groups in total. The van der Waals surface area contributed by atoms with Gasteiger partial charge in [-0.1, -0.05) is 45.7 Å². The topological polar surface area (TPSA) is 0 Å². The second-order valence-corrected chi connectivity index (χ2v) is 5.84. The number of rotatable bonds is 3. The summed E-state index contributed by atoms with van der Waals surface area (Å²) in [6, 6.07) is 12.5. The molecule has 2 rings (SSSR count). The lowest BCUT2D eigenvalue weighted by molar-refractivity contribution is 0.627. The van der Waals surface area contributed by atoms with Crippen LogP contribution in [0.4, 0.5) is 4.39 Å². The molecule has 0 radical (unpaired) electrons. The summed E-state index contributed by atoms with van der Waals surface area (Å²) in [4.78, 5) is 0.182. The first kappa shape index (κ1) is 13.6. The molecule has 3 heteroatoms. The van der Waals surface area contributed by atoms with Gasteiger partial charge in [-0.05, 0) is 54.3 Å². The van der Waals surface area contributed by atoms with Gasteiger partial charge in [0.05, 0.1) is 0 Å². The van der Waals surface area contributed by atoms with Crippen molar-refractivity contribution in [2.24, 2.45) is 0 Å². The molecule has 0 fully saturated rings. The van der Waals surface area contributed by atoms with Gasteiger partial charge in [-0.2, -0.15) is 0 Å². The SMILES string of the molecule is Cc1ccc(Cl)cc1C(Br)Cc1ccc(F)cc1. The third-order valence-corrected chi connectivity index (χ3v) is 3.96. The average molecular weight is 328 g/mol. The van der Waals surface area contributed by atoms with E-state index in [1.165, 1.54) is 23.3 Å². The molecule has 94 valence electrons. The van der Waals surface area contributed by atoms with Gasteiger partial charge in [0.25, 0.3) is 0 Å². The van der Waals surface area contributed by atoms with Crippen LogP contribution >= 0.6 is 27.5 Å². The molecular weight excluding hydrogens is 315 g/mol. The second-order valence-electron chi connectivity index (χ2n) is 4.30. The number of halogens is 3. The largest absolute Gasteiger partial charge is 0.207 e. The number of hydrogen-bond donors (Lipinski definition) is 0. The minimum Gasteiger partial charge on any atom is -0.207 e. The highest BCUT2D eigenvalue weighted by Crippen LogP contribution is 2.31. The molecular formula is C15H13BrClF. The van der Waals surface area contributed by atoms with E-state index in [0.717, 1.165) is 17.0 Å². The van der Waals surface area contributed by atoms with Crippen LogP contribution in [0.25, 0.3) is 0 Å². The fourth-order valence-corrected chi connectivity index (χ4v) is 2.93. The number of aryl methyl sites for hydroxylation is 1. The Hall–Kier alpha value is -0.860. The summed E-state index contributed by atoms with van der Waals surface area (Å²) in [7, 11) is 0. The maximum absolute atomic E-state index is 12.8. The minimum atomic E-state index is -0.205. The van der Waals surface area contributed by atoms with E-state index in [-0.39, 0.29) is 10.6 Å². The van der Waals surface area contributed by atoms with Gasteiger partial charge in [-0.15, -0.1) is 0 Å². The predicted molar refractivity (Wildman–Crippen MR) is 78.0 cm³/mol. The van der Waals surface area contributed by atoms with Crippen molar-refractivity contribution in [1.82, 2.24) is 0 Å². The Balaban J connectivity index is 2.18. The zero-order chi connectivity index (χ0) is 13.1. The Labute approximate surface area is 120 Å². The summed E-state index contributed by atoms with van der Waals surface area (Å²) in [6.45, 7) is 2.06. The van der Waals surface area contributed by atoms with E-state index in [1.54, 1.807) is 0 Å². The van der Waals surface area contributed by atoms with Crippen LogP contribution in [-0.2, 0) is 6.42 Å². The maximum atomic E-state index is 12.8. The van der Waals surface area contributed by atoms with E-state index >= 15 is 0 Å². The van der Waals surface area contributed by atoms with Crippen LogP contribution in [-0.4, -0.2) is 0 Å². The molecule has 0 heterocycles. The highest BCUT2D eigenvalue weighted by molar-refractivity contribution is 9.09. The van der Waals surface area contributed by atoms with Crippen LogP contribution < -0.4 is 0 Å². The third-order valence-electron chi connectivity index (χ3n) is 2.91. The Bertz CT molecular complexity index is 537. The zero-order valence-corrected chi connectivity index (χ0v) is 12.3. The lowest BCUT2D eigenvalue weighted by Crippen LogP contribution is -1.98. The highest BCUT2D eigenvalue weighted by atomic mass is 79.9. The van der Waals surface area contributed by atoms with E-state index in [0.29, 0.717) is 0 Å². The van der Waals surface area contributed by atoms with Crippen LogP contribution in [0.2, 0.25) is 5.02 Å². The molecule has 0 saturated carbocycles. The van der Waals surface area contributed by atoms with Gasteiger partial charge < -0.3 is 0 Å². The smallest absolute Gasteiger partial charge is 0.123 e. The van der Waals surface area contributed by atoms with E-state index in [4.69, 9.17) is 11.6 Å². The van der Waals surface area contributed by atoms with E-state index < -0.39 is 0 Å². The first-order valence-electron chi connectivity index (χ1n) is 5.71. The quantitative estimate of drug-likeness (QED) is 0.656. The van der Waals surface area contributed by atoms with Gasteiger partial charge >= 0.3 is 0 Å². The summed E-state index contributed by atoms with van der Waals surface area (Å²) in [5, 5.41) is 0.735. The molecule has 2 aromatic carbocycles. The molecule has 18 heavy (non-hydrogen) atoms. The molecule has 1 unspecified atom stereocenters. The average Bonchev–Trinajstić information content (AvgIpc) is 2.35. The highest BCUT2D eigenvalue weighted by Gasteiger charge is 2.11. The Morgan fingerprint density at radius 1 is 1.17 bits per heavy atom. The van der Waals surface area contributed by atoms with Gasteiger partial charge in [-0.3, -0.25) is 0 Å². The molecule has 1 atom stereocenters. The molecule has 0 amide bonds. The van der Waals surface area contributed by atoms with Crippen molar-refractivity contribution in [2.75, 3.05) is 0 Å². The number of hydrogen-bond acceptors (Lipinski definition) is 0. The van der Waals surface area contributed by atoms with Crippen molar-refractivity contribution >= 4 is 27.5 Å². The summed E-state index contributed by atoms with van der Waals surface area (Å²) in [5.74, 6) is -0.205. The molecule has 0 nitrogen and oxygen atoms in total. The molecule has 0 bridgehead atoms. The van der Waals surface area contributed by atoms with Gasteiger partial charge in [-0.25, -0.2) is 4.39 Å². The number of benzene rings is 2. The first-order chi connectivity index (χ1) is 8.56.